The molecule has 188 valence electrons. The Morgan fingerprint density at radius 2 is 1.69 bits per heavy atom. The van der Waals surface area contributed by atoms with Gasteiger partial charge in [-0.3, -0.25) is 4.79 Å². The summed E-state index contributed by atoms with van der Waals surface area (Å²) in [5, 5.41) is 11.1. The van der Waals surface area contributed by atoms with Crippen LogP contribution in [-0.4, -0.2) is 43.2 Å². The van der Waals surface area contributed by atoms with Crippen LogP contribution in [0.3, 0.4) is 0 Å². The third-order valence-electron chi connectivity index (χ3n) is 6.86. The number of methoxy groups -OCH3 is 2. The SMILES string of the molecule is COc1ccc(/C(=C\Cc2ccc(OC)c(F)c2)CC(=O)N2CCC(O)(c3ccccc3)CC2)cc1. The fourth-order valence-corrected chi connectivity index (χ4v) is 4.61. The number of rotatable bonds is 8. The van der Waals surface area contributed by atoms with Crippen molar-refractivity contribution in [1.29, 1.82) is 0 Å². The highest BCUT2D eigenvalue weighted by Crippen LogP contribution is 2.33. The van der Waals surface area contributed by atoms with Crippen molar-refractivity contribution < 1.29 is 23.8 Å². The fraction of sp³-hybridized carbons (Fsp3) is 0.300. The molecule has 6 heteroatoms. The molecule has 0 atom stereocenters. The van der Waals surface area contributed by atoms with E-state index in [-0.39, 0.29) is 18.1 Å². The first kappa shape index (κ1) is 25.5. The standard InChI is InChI=1S/C30H32FNO4/c1-35-26-13-11-23(12-14-26)24(10-8-22-9-15-28(36-2)27(31)20-22)21-29(33)32-18-16-30(34,17-19-32)25-6-4-3-5-7-25/h3-7,9-15,20,34H,8,16-19,21H2,1-2H3/b24-10-. The monoisotopic (exact) mass is 489 g/mol. The van der Waals surface area contributed by atoms with Gasteiger partial charge in [-0.2, -0.15) is 0 Å². The van der Waals surface area contributed by atoms with Crippen LogP contribution in [0.4, 0.5) is 4.39 Å². The first-order valence-corrected chi connectivity index (χ1v) is 12.1. The van der Waals surface area contributed by atoms with Gasteiger partial charge in [-0.15, -0.1) is 0 Å². The molecule has 0 spiro atoms. The van der Waals surface area contributed by atoms with E-state index in [1.54, 1.807) is 13.2 Å². The summed E-state index contributed by atoms with van der Waals surface area (Å²) >= 11 is 0. The lowest BCUT2D eigenvalue weighted by Crippen LogP contribution is -2.45. The normalized spacial score (nSPS) is 15.4. The first-order valence-electron chi connectivity index (χ1n) is 12.1. The number of hydrogen-bond acceptors (Lipinski definition) is 4. The first-order chi connectivity index (χ1) is 17.4. The van der Waals surface area contributed by atoms with Gasteiger partial charge in [-0.05, 0) is 65.8 Å². The molecule has 3 aromatic rings. The number of carbonyl (C=O) groups excluding carboxylic acids is 1. The van der Waals surface area contributed by atoms with Gasteiger partial charge >= 0.3 is 0 Å². The Balaban J connectivity index is 1.49. The van der Waals surface area contributed by atoms with E-state index in [0.29, 0.717) is 32.4 Å². The summed E-state index contributed by atoms with van der Waals surface area (Å²) in [5.74, 6) is 0.532. The van der Waals surface area contributed by atoms with Crippen molar-refractivity contribution in [2.75, 3.05) is 27.3 Å². The van der Waals surface area contributed by atoms with Crippen molar-refractivity contribution in [3.63, 3.8) is 0 Å². The molecule has 1 fully saturated rings. The molecule has 0 radical (unpaired) electrons. The van der Waals surface area contributed by atoms with Crippen molar-refractivity contribution in [2.45, 2.75) is 31.3 Å². The molecule has 1 aliphatic rings. The Morgan fingerprint density at radius 3 is 2.31 bits per heavy atom. The van der Waals surface area contributed by atoms with Crippen LogP contribution >= 0.6 is 0 Å². The van der Waals surface area contributed by atoms with E-state index in [2.05, 4.69) is 0 Å². The van der Waals surface area contributed by atoms with Crippen LogP contribution in [0.5, 0.6) is 11.5 Å². The molecule has 1 saturated heterocycles. The number of nitrogens with zero attached hydrogens (tertiary/aromatic N) is 1. The lowest BCUT2D eigenvalue weighted by molar-refractivity contribution is -0.134. The maximum atomic E-state index is 14.2. The Kier molecular flexibility index (Phi) is 8.06. The van der Waals surface area contributed by atoms with Gasteiger partial charge in [0.25, 0.3) is 0 Å². The zero-order valence-corrected chi connectivity index (χ0v) is 20.7. The minimum Gasteiger partial charge on any atom is -0.497 e. The number of benzene rings is 3. The van der Waals surface area contributed by atoms with Crippen LogP contribution in [0.2, 0.25) is 0 Å². The van der Waals surface area contributed by atoms with Gasteiger partial charge in [-0.1, -0.05) is 54.6 Å². The van der Waals surface area contributed by atoms with Gasteiger partial charge in [0.1, 0.15) is 5.75 Å². The summed E-state index contributed by atoms with van der Waals surface area (Å²) in [6.45, 7) is 0.980. The van der Waals surface area contributed by atoms with Gasteiger partial charge in [0.2, 0.25) is 5.91 Å². The molecular formula is C30H32FNO4. The molecule has 0 unspecified atom stereocenters. The zero-order valence-electron chi connectivity index (χ0n) is 20.7. The molecule has 0 aliphatic carbocycles. The number of amides is 1. The number of ether oxygens (including phenoxy) is 2. The predicted octanol–water partition coefficient (Wildman–Crippen LogP) is 5.37. The Hall–Kier alpha value is -3.64. The summed E-state index contributed by atoms with van der Waals surface area (Å²) in [6, 6.07) is 22.1. The van der Waals surface area contributed by atoms with Crippen LogP contribution in [0.15, 0.2) is 78.9 Å². The molecule has 1 N–H and O–H groups in total. The quantitative estimate of drug-likeness (QED) is 0.462. The summed E-state index contributed by atoms with van der Waals surface area (Å²) in [6.07, 6.45) is 3.66. The second kappa shape index (κ2) is 11.4. The minimum atomic E-state index is -0.912. The third-order valence-corrected chi connectivity index (χ3v) is 6.86. The Bertz CT molecular complexity index is 1200. The van der Waals surface area contributed by atoms with Gasteiger partial charge in [0.05, 0.1) is 26.2 Å². The predicted molar refractivity (Wildman–Crippen MR) is 138 cm³/mol. The maximum absolute atomic E-state index is 14.2. The van der Waals surface area contributed by atoms with Crippen molar-refractivity contribution >= 4 is 11.5 Å². The molecule has 1 amide bonds. The van der Waals surface area contributed by atoms with Gasteiger partial charge < -0.3 is 19.5 Å². The van der Waals surface area contributed by atoms with E-state index < -0.39 is 11.4 Å². The highest BCUT2D eigenvalue weighted by molar-refractivity contribution is 5.89. The summed E-state index contributed by atoms with van der Waals surface area (Å²) in [4.78, 5) is 15.1. The van der Waals surface area contributed by atoms with Crippen molar-refractivity contribution in [3.8, 4) is 11.5 Å². The molecule has 1 aliphatic heterocycles. The van der Waals surface area contributed by atoms with E-state index in [4.69, 9.17) is 9.47 Å². The lowest BCUT2D eigenvalue weighted by atomic mass is 9.84. The number of allylic oxidation sites excluding steroid dienone is 1. The maximum Gasteiger partial charge on any atom is 0.227 e. The number of aliphatic hydroxyl groups is 1. The molecule has 5 nitrogen and oxygen atoms in total. The topological polar surface area (TPSA) is 59.0 Å². The molecule has 4 rings (SSSR count). The smallest absolute Gasteiger partial charge is 0.227 e. The van der Waals surface area contributed by atoms with Gasteiger partial charge in [0.15, 0.2) is 11.6 Å². The number of piperidine rings is 1. The molecular weight excluding hydrogens is 457 g/mol. The summed E-state index contributed by atoms with van der Waals surface area (Å²) < 4.78 is 24.5. The average Bonchev–Trinajstić information content (AvgIpc) is 2.92. The van der Waals surface area contributed by atoms with Crippen LogP contribution in [-0.2, 0) is 16.8 Å². The van der Waals surface area contributed by atoms with Crippen molar-refractivity contribution in [3.05, 3.63) is 101 Å². The lowest BCUT2D eigenvalue weighted by Gasteiger charge is -2.38. The summed E-state index contributed by atoms with van der Waals surface area (Å²) in [7, 11) is 3.05. The molecule has 3 aromatic carbocycles. The highest BCUT2D eigenvalue weighted by atomic mass is 19.1. The number of likely N-dealkylation sites (tertiary alicyclic amines) is 1. The van der Waals surface area contributed by atoms with E-state index in [1.165, 1.54) is 13.2 Å². The van der Waals surface area contributed by atoms with Crippen LogP contribution in [0, 0.1) is 5.82 Å². The fourth-order valence-electron chi connectivity index (χ4n) is 4.61. The third kappa shape index (κ3) is 5.94. The molecule has 36 heavy (non-hydrogen) atoms. The minimum absolute atomic E-state index is 0.00749. The van der Waals surface area contributed by atoms with Crippen LogP contribution in [0.25, 0.3) is 5.57 Å². The molecule has 0 bridgehead atoms. The summed E-state index contributed by atoms with van der Waals surface area (Å²) in [5.41, 5.74) is 2.55. The van der Waals surface area contributed by atoms with Crippen molar-refractivity contribution in [1.82, 2.24) is 4.90 Å². The zero-order chi connectivity index (χ0) is 25.5. The van der Waals surface area contributed by atoms with Gasteiger partial charge in [0, 0.05) is 13.1 Å². The number of hydrogen-bond donors (Lipinski definition) is 1. The second-order valence-corrected chi connectivity index (χ2v) is 9.09. The van der Waals surface area contributed by atoms with E-state index in [0.717, 1.165) is 28.0 Å². The highest BCUT2D eigenvalue weighted by Gasteiger charge is 2.35. The van der Waals surface area contributed by atoms with Crippen molar-refractivity contribution in [2.24, 2.45) is 0 Å². The molecule has 0 saturated carbocycles. The number of halogens is 1. The van der Waals surface area contributed by atoms with E-state index >= 15 is 0 Å². The molecule has 1 heterocycles. The number of carbonyl (C=O) groups is 1. The van der Waals surface area contributed by atoms with Gasteiger partial charge in [-0.25, -0.2) is 4.39 Å². The Morgan fingerprint density at radius 1 is 1.00 bits per heavy atom. The van der Waals surface area contributed by atoms with Crippen LogP contribution < -0.4 is 9.47 Å². The Labute approximate surface area is 211 Å². The second-order valence-electron chi connectivity index (χ2n) is 9.09. The van der Waals surface area contributed by atoms with E-state index in [1.807, 2.05) is 71.6 Å². The largest absolute Gasteiger partial charge is 0.497 e. The van der Waals surface area contributed by atoms with E-state index in [9.17, 15) is 14.3 Å². The molecule has 0 aromatic heterocycles. The van der Waals surface area contributed by atoms with Crippen LogP contribution in [0.1, 0.15) is 36.0 Å². The average molecular weight is 490 g/mol.